The maximum absolute atomic E-state index is 14.0. The number of halogens is 1. The van der Waals surface area contributed by atoms with Crippen molar-refractivity contribution in [3.05, 3.63) is 83.7 Å². The van der Waals surface area contributed by atoms with Gasteiger partial charge in [0.05, 0.1) is 6.61 Å². The number of rotatable bonds is 7. The third-order valence-corrected chi connectivity index (χ3v) is 4.79. The number of nitrogens with one attached hydrogen (secondary N) is 1. The zero-order chi connectivity index (χ0) is 19.3. The van der Waals surface area contributed by atoms with Crippen LogP contribution in [0.3, 0.4) is 0 Å². The molecule has 140 valence electrons. The van der Waals surface area contributed by atoms with Crippen molar-refractivity contribution in [2.24, 2.45) is 4.99 Å². The maximum Gasteiger partial charge on any atom is 0.219 e. The molecule has 0 fully saturated rings. The highest BCUT2D eigenvalue weighted by atomic mass is 19.1. The van der Waals surface area contributed by atoms with Crippen LogP contribution in [-0.4, -0.2) is 23.4 Å². The smallest absolute Gasteiger partial charge is 0.219 e. The molecule has 1 amide bonds. The molecule has 5 heteroatoms. The molecule has 1 aliphatic rings. The van der Waals surface area contributed by atoms with Crippen molar-refractivity contribution in [1.29, 1.82) is 0 Å². The molecule has 3 rings (SSSR count). The molecule has 1 aliphatic heterocycles. The quantitative estimate of drug-likeness (QED) is 0.758. The van der Waals surface area contributed by atoms with Crippen LogP contribution in [0, 0.1) is 5.82 Å². The monoisotopic (exact) mass is 366 g/mol. The Bertz CT molecular complexity index is 852. The van der Waals surface area contributed by atoms with Gasteiger partial charge in [0.1, 0.15) is 11.4 Å². The Morgan fingerprint density at radius 3 is 2.52 bits per heavy atom. The first kappa shape index (κ1) is 19.0. The summed E-state index contributed by atoms with van der Waals surface area (Å²) in [5.41, 5.74) is -0.492. The lowest BCUT2D eigenvalue weighted by Gasteiger charge is -2.43. The van der Waals surface area contributed by atoms with Crippen molar-refractivity contribution in [2.45, 2.75) is 38.1 Å². The number of amides is 1. The van der Waals surface area contributed by atoms with E-state index in [1.807, 2.05) is 42.5 Å². The SMILES string of the molecule is CC(=O)NC(C)(OCc1ccccc1F)C1(Cc2ccccc2)C=CC=N1. The van der Waals surface area contributed by atoms with Gasteiger partial charge in [0.25, 0.3) is 0 Å². The van der Waals surface area contributed by atoms with Gasteiger partial charge < -0.3 is 10.1 Å². The molecule has 2 aromatic rings. The van der Waals surface area contributed by atoms with Gasteiger partial charge in [0.2, 0.25) is 5.91 Å². The lowest BCUT2D eigenvalue weighted by molar-refractivity contribution is -0.140. The summed E-state index contributed by atoms with van der Waals surface area (Å²) in [4.78, 5) is 16.6. The molecule has 27 heavy (non-hydrogen) atoms. The third-order valence-electron chi connectivity index (χ3n) is 4.79. The molecule has 2 atom stereocenters. The van der Waals surface area contributed by atoms with E-state index >= 15 is 0 Å². The van der Waals surface area contributed by atoms with Crippen LogP contribution in [0.5, 0.6) is 0 Å². The molecule has 0 saturated carbocycles. The molecule has 0 aliphatic carbocycles. The molecule has 2 unspecified atom stereocenters. The number of hydrogen-bond donors (Lipinski definition) is 1. The van der Waals surface area contributed by atoms with Gasteiger partial charge in [-0.25, -0.2) is 4.39 Å². The van der Waals surface area contributed by atoms with Crippen molar-refractivity contribution in [1.82, 2.24) is 5.32 Å². The average molecular weight is 366 g/mol. The highest BCUT2D eigenvalue weighted by Crippen LogP contribution is 2.36. The number of nitrogens with zero attached hydrogens (tertiary/aromatic N) is 1. The minimum absolute atomic E-state index is 0.0172. The molecular formula is C22H23FN2O2. The van der Waals surface area contributed by atoms with Crippen molar-refractivity contribution in [2.75, 3.05) is 0 Å². The second-order valence-electron chi connectivity index (χ2n) is 6.82. The van der Waals surface area contributed by atoms with Gasteiger partial charge in [-0.15, -0.1) is 0 Å². The highest BCUT2D eigenvalue weighted by molar-refractivity contribution is 5.77. The highest BCUT2D eigenvalue weighted by Gasteiger charge is 2.49. The van der Waals surface area contributed by atoms with E-state index in [4.69, 9.17) is 4.74 Å². The molecule has 0 spiro atoms. The summed E-state index contributed by atoms with van der Waals surface area (Å²) < 4.78 is 20.2. The van der Waals surface area contributed by atoms with Gasteiger partial charge in [-0.3, -0.25) is 9.79 Å². The van der Waals surface area contributed by atoms with E-state index in [0.717, 1.165) is 5.56 Å². The van der Waals surface area contributed by atoms with Crippen molar-refractivity contribution < 1.29 is 13.9 Å². The lowest BCUT2D eigenvalue weighted by atomic mass is 9.82. The normalized spacial score (nSPS) is 20.4. The minimum Gasteiger partial charge on any atom is -0.348 e. The molecule has 4 nitrogen and oxygen atoms in total. The van der Waals surface area contributed by atoms with Gasteiger partial charge in [-0.1, -0.05) is 54.6 Å². The van der Waals surface area contributed by atoms with E-state index in [-0.39, 0.29) is 18.3 Å². The molecule has 0 bridgehead atoms. The molecular weight excluding hydrogens is 343 g/mol. The Morgan fingerprint density at radius 2 is 1.89 bits per heavy atom. The van der Waals surface area contributed by atoms with Gasteiger partial charge in [0.15, 0.2) is 5.72 Å². The zero-order valence-corrected chi connectivity index (χ0v) is 15.5. The van der Waals surface area contributed by atoms with Crippen LogP contribution in [0.4, 0.5) is 4.39 Å². The first-order valence-corrected chi connectivity index (χ1v) is 8.87. The summed E-state index contributed by atoms with van der Waals surface area (Å²) in [6.45, 7) is 3.23. The van der Waals surface area contributed by atoms with E-state index in [0.29, 0.717) is 12.0 Å². The fourth-order valence-electron chi connectivity index (χ4n) is 3.33. The molecule has 0 saturated heterocycles. The summed E-state index contributed by atoms with van der Waals surface area (Å²) in [6, 6.07) is 16.3. The predicted octanol–water partition coefficient (Wildman–Crippen LogP) is 3.82. The van der Waals surface area contributed by atoms with E-state index < -0.39 is 11.3 Å². The van der Waals surface area contributed by atoms with Crippen molar-refractivity contribution in [3.8, 4) is 0 Å². The predicted molar refractivity (Wildman–Crippen MR) is 104 cm³/mol. The van der Waals surface area contributed by atoms with Crippen LogP contribution >= 0.6 is 0 Å². The largest absolute Gasteiger partial charge is 0.348 e. The second-order valence-corrected chi connectivity index (χ2v) is 6.82. The average Bonchev–Trinajstić information content (AvgIpc) is 3.12. The molecule has 1 N–H and O–H groups in total. The number of carbonyl (C=O) groups is 1. The Labute approximate surface area is 158 Å². The van der Waals surface area contributed by atoms with Crippen molar-refractivity contribution >= 4 is 12.1 Å². The first-order chi connectivity index (χ1) is 12.9. The lowest BCUT2D eigenvalue weighted by Crippen LogP contribution is -2.62. The van der Waals surface area contributed by atoms with Crippen LogP contribution in [0.15, 0.2) is 71.7 Å². The van der Waals surface area contributed by atoms with Gasteiger partial charge in [-0.2, -0.15) is 0 Å². The molecule has 0 aromatic heterocycles. The third kappa shape index (κ3) is 4.14. The van der Waals surface area contributed by atoms with E-state index in [1.165, 1.54) is 13.0 Å². The number of ether oxygens (including phenoxy) is 1. The van der Waals surface area contributed by atoms with E-state index in [1.54, 1.807) is 31.3 Å². The number of aliphatic imine (C=N–C) groups is 1. The first-order valence-electron chi connectivity index (χ1n) is 8.87. The fourth-order valence-corrected chi connectivity index (χ4v) is 3.33. The minimum atomic E-state index is -1.15. The van der Waals surface area contributed by atoms with Crippen molar-refractivity contribution in [3.63, 3.8) is 0 Å². The Hall–Kier alpha value is -2.79. The van der Waals surface area contributed by atoms with Gasteiger partial charge >= 0.3 is 0 Å². The van der Waals surface area contributed by atoms with E-state index in [9.17, 15) is 9.18 Å². The van der Waals surface area contributed by atoms with Crippen LogP contribution in [0.2, 0.25) is 0 Å². The topological polar surface area (TPSA) is 50.7 Å². The molecule has 0 radical (unpaired) electrons. The second kappa shape index (κ2) is 7.84. The Kier molecular flexibility index (Phi) is 5.51. The molecule has 1 heterocycles. The van der Waals surface area contributed by atoms with Crippen LogP contribution in [-0.2, 0) is 22.6 Å². The van der Waals surface area contributed by atoms with Gasteiger partial charge in [0, 0.05) is 25.1 Å². The number of carbonyl (C=O) groups excluding carboxylic acids is 1. The standard InChI is InChI=1S/C22H23FN2O2/c1-17(26)25-21(2,27-16-19-11-6-7-12-20(19)23)22(13-8-14-24-22)15-18-9-4-3-5-10-18/h3-14H,15-16H2,1-2H3,(H,25,26). The summed E-state index contributed by atoms with van der Waals surface area (Å²) in [6.07, 6.45) is 6.01. The number of benzene rings is 2. The maximum atomic E-state index is 14.0. The van der Waals surface area contributed by atoms with E-state index in [2.05, 4.69) is 10.3 Å². The van der Waals surface area contributed by atoms with Crippen LogP contribution in [0.25, 0.3) is 0 Å². The van der Waals surface area contributed by atoms with Crippen LogP contribution < -0.4 is 5.32 Å². The zero-order valence-electron chi connectivity index (χ0n) is 15.5. The fraction of sp³-hybridized carbons (Fsp3) is 0.273. The summed E-state index contributed by atoms with van der Waals surface area (Å²) >= 11 is 0. The summed E-state index contributed by atoms with van der Waals surface area (Å²) in [5, 5.41) is 2.90. The molecule has 2 aromatic carbocycles. The summed E-state index contributed by atoms with van der Waals surface area (Å²) in [7, 11) is 0. The number of allylic oxidation sites excluding steroid dienone is 1. The van der Waals surface area contributed by atoms with Crippen LogP contribution in [0.1, 0.15) is 25.0 Å². The number of hydrogen-bond acceptors (Lipinski definition) is 3. The summed E-state index contributed by atoms with van der Waals surface area (Å²) in [5.74, 6) is -0.584. The Morgan fingerprint density at radius 1 is 1.19 bits per heavy atom. The van der Waals surface area contributed by atoms with Gasteiger partial charge in [-0.05, 0) is 24.6 Å². The Balaban J connectivity index is 1.93.